The third-order valence-electron chi connectivity index (χ3n) is 3.46. The molecule has 1 fully saturated rings. The van der Waals surface area contributed by atoms with E-state index in [-0.39, 0.29) is 5.82 Å². The van der Waals surface area contributed by atoms with Crippen LogP contribution in [0.5, 0.6) is 0 Å². The van der Waals surface area contributed by atoms with E-state index in [9.17, 15) is 0 Å². The highest BCUT2D eigenvalue weighted by Gasteiger charge is 2.14. The number of rotatable bonds is 4. The molecule has 0 saturated carbocycles. The number of hydrogen-bond acceptors (Lipinski definition) is 6. The Hall–Kier alpha value is -2.65. The van der Waals surface area contributed by atoms with Crippen LogP contribution in [0.4, 0.5) is 11.6 Å². The molecule has 6 heteroatoms. The van der Waals surface area contributed by atoms with Crippen LogP contribution in [0.1, 0.15) is 11.4 Å². The molecule has 1 aliphatic rings. The van der Waals surface area contributed by atoms with Gasteiger partial charge in [-0.1, -0.05) is 30.3 Å². The van der Waals surface area contributed by atoms with Crippen molar-refractivity contribution in [2.45, 2.75) is 6.54 Å². The molecular weight excluding hydrogens is 278 g/mol. The van der Waals surface area contributed by atoms with Crippen molar-refractivity contribution in [1.29, 1.82) is 5.26 Å². The van der Waals surface area contributed by atoms with E-state index in [1.165, 1.54) is 0 Å². The predicted molar refractivity (Wildman–Crippen MR) is 83.5 cm³/mol. The SMILES string of the molecule is N#Cc1nc(NCc2ccccc2)cc(N2CCOCC2)n1. The second kappa shape index (κ2) is 6.87. The molecule has 1 saturated heterocycles. The van der Waals surface area contributed by atoms with Gasteiger partial charge in [-0.15, -0.1) is 0 Å². The molecule has 22 heavy (non-hydrogen) atoms. The maximum atomic E-state index is 9.12. The molecule has 0 aliphatic carbocycles. The Morgan fingerprint density at radius 3 is 2.68 bits per heavy atom. The lowest BCUT2D eigenvalue weighted by Crippen LogP contribution is -2.37. The molecule has 0 spiro atoms. The maximum absolute atomic E-state index is 9.12. The third-order valence-corrected chi connectivity index (χ3v) is 3.46. The molecule has 0 amide bonds. The number of anilines is 2. The molecule has 0 atom stereocenters. The number of benzene rings is 1. The number of hydrogen-bond donors (Lipinski definition) is 1. The summed E-state index contributed by atoms with van der Waals surface area (Å²) in [4.78, 5) is 10.6. The van der Waals surface area contributed by atoms with Crippen molar-refractivity contribution in [3.63, 3.8) is 0 Å². The van der Waals surface area contributed by atoms with Gasteiger partial charge in [0.25, 0.3) is 0 Å². The summed E-state index contributed by atoms with van der Waals surface area (Å²) in [5.74, 6) is 1.61. The molecule has 1 aliphatic heterocycles. The first kappa shape index (κ1) is 14.3. The van der Waals surface area contributed by atoms with E-state index in [0.717, 1.165) is 24.5 Å². The number of morpholine rings is 1. The molecule has 1 aromatic carbocycles. The molecule has 0 bridgehead atoms. The van der Waals surface area contributed by atoms with Crippen molar-refractivity contribution in [2.75, 3.05) is 36.5 Å². The van der Waals surface area contributed by atoms with E-state index in [1.807, 2.05) is 42.5 Å². The fraction of sp³-hybridized carbons (Fsp3) is 0.312. The van der Waals surface area contributed by atoms with Crippen molar-refractivity contribution in [1.82, 2.24) is 9.97 Å². The molecule has 112 valence electrons. The zero-order chi connectivity index (χ0) is 15.2. The molecule has 0 radical (unpaired) electrons. The quantitative estimate of drug-likeness (QED) is 0.927. The average molecular weight is 295 g/mol. The second-order valence-electron chi connectivity index (χ2n) is 4.99. The summed E-state index contributed by atoms with van der Waals surface area (Å²) >= 11 is 0. The fourth-order valence-corrected chi connectivity index (χ4v) is 2.32. The van der Waals surface area contributed by atoms with Crippen LogP contribution in [0.2, 0.25) is 0 Å². The summed E-state index contributed by atoms with van der Waals surface area (Å²) in [6.45, 7) is 3.57. The van der Waals surface area contributed by atoms with E-state index in [1.54, 1.807) is 0 Å². The summed E-state index contributed by atoms with van der Waals surface area (Å²) in [5.41, 5.74) is 1.16. The van der Waals surface area contributed by atoms with Crippen LogP contribution in [0.25, 0.3) is 0 Å². The molecule has 6 nitrogen and oxygen atoms in total. The van der Waals surface area contributed by atoms with Crippen LogP contribution < -0.4 is 10.2 Å². The van der Waals surface area contributed by atoms with E-state index >= 15 is 0 Å². The number of ether oxygens (including phenoxy) is 1. The van der Waals surface area contributed by atoms with E-state index in [2.05, 4.69) is 20.2 Å². The Morgan fingerprint density at radius 2 is 1.95 bits per heavy atom. The number of nitrogens with one attached hydrogen (secondary N) is 1. The van der Waals surface area contributed by atoms with E-state index in [4.69, 9.17) is 10.00 Å². The van der Waals surface area contributed by atoms with Crippen LogP contribution in [-0.4, -0.2) is 36.3 Å². The maximum Gasteiger partial charge on any atom is 0.236 e. The Labute approximate surface area is 129 Å². The molecule has 2 aromatic rings. The standard InChI is InChI=1S/C16H17N5O/c17-11-15-19-14(18-12-13-4-2-1-3-5-13)10-16(20-15)21-6-8-22-9-7-21/h1-5,10H,6-9,12H2,(H,18,19,20). The van der Waals surface area contributed by atoms with Crippen LogP contribution in [0, 0.1) is 11.3 Å². The van der Waals surface area contributed by atoms with Gasteiger partial charge in [0.1, 0.15) is 17.7 Å². The van der Waals surface area contributed by atoms with E-state index < -0.39 is 0 Å². The first-order valence-corrected chi connectivity index (χ1v) is 7.25. The lowest BCUT2D eigenvalue weighted by atomic mass is 10.2. The smallest absolute Gasteiger partial charge is 0.236 e. The van der Waals surface area contributed by atoms with Gasteiger partial charge in [0, 0.05) is 25.7 Å². The summed E-state index contributed by atoms with van der Waals surface area (Å²) in [7, 11) is 0. The Bertz CT molecular complexity index is 662. The first-order valence-electron chi connectivity index (χ1n) is 7.25. The van der Waals surface area contributed by atoms with E-state index in [0.29, 0.717) is 25.6 Å². The van der Waals surface area contributed by atoms with Crippen LogP contribution in [-0.2, 0) is 11.3 Å². The van der Waals surface area contributed by atoms with Gasteiger partial charge >= 0.3 is 0 Å². The molecular formula is C16H17N5O. The normalized spacial score (nSPS) is 14.4. The highest BCUT2D eigenvalue weighted by Crippen LogP contribution is 2.17. The predicted octanol–water partition coefficient (Wildman–Crippen LogP) is 1.80. The highest BCUT2D eigenvalue weighted by atomic mass is 16.5. The van der Waals surface area contributed by atoms with Crippen LogP contribution in [0.15, 0.2) is 36.4 Å². The van der Waals surface area contributed by atoms with Gasteiger partial charge in [0.2, 0.25) is 5.82 Å². The summed E-state index contributed by atoms with van der Waals surface area (Å²) < 4.78 is 5.35. The zero-order valence-electron chi connectivity index (χ0n) is 12.2. The molecule has 2 heterocycles. The molecule has 1 aromatic heterocycles. The molecule has 3 rings (SSSR count). The van der Waals surface area contributed by atoms with Crippen LogP contribution >= 0.6 is 0 Å². The Kier molecular flexibility index (Phi) is 4.47. The number of nitriles is 1. The lowest BCUT2D eigenvalue weighted by molar-refractivity contribution is 0.122. The Balaban J connectivity index is 1.77. The minimum atomic E-state index is 0.180. The molecule has 0 unspecified atom stereocenters. The minimum Gasteiger partial charge on any atom is -0.378 e. The zero-order valence-corrected chi connectivity index (χ0v) is 12.2. The second-order valence-corrected chi connectivity index (χ2v) is 4.99. The lowest BCUT2D eigenvalue weighted by Gasteiger charge is -2.28. The van der Waals surface area contributed by atoms with Crippen molar-refractivity contribution >= 4 is 11.6 Å². The summed E-state index contributed by atoms with van der Waals surface area (Å²) in [6.07, 6.45) is 0. The minimum absolute atomic E-state index is 0.180. The summed E-state index contributed by atoms with van der Waals surface area (Å²) in [6, 6.07) is 14.0. The molecule has 1 N–H and O–H groups in total. The number of aromatic nitrogens is 2. The first-order chi connectivity index (χ1) is 10.8. The van der Waals surface area contributed by atoms with Crippen molar-refractivity contribution in [3.05, 3.63) is 47.8 Å². The van der Waals surface area contributed by atoms with Crippen molar-refractivity contribution in [3.8, 4) is 6.07 Å². The third kappa shape index (κ3) is 3.51. The largest absolute Gasteiger partial charge is 0.378 e. The Morgan fingerprint density at radius 1 is 1.18 bits per heavy atom. The van der Waals surface area contributed by atoms with Gasteiger partial charge in [0.15, 0.2) is 0 Å². The average Bonchev–Trinajstić information content (AvgIpc) is 2.61. The highest BCUT2D eigenvalue weighted by molar-refractivity contribution is 5.51. The van der Waals surface area contributed by atoms with Gasteiger partial charge in [-0.2, -0.15) is 5.26 Å². The monoisotopic (exact) mass is 295 g/mol. The van der Waals surface area contributed by atoms with Gasteiger partial charge in [-0.3, -0.25) is 0 Å². The van der Waals surface area contributed by atoms with Gasteiger partial charge in [-0.05, 0) is 5.56 Å². The number of nitrogens with zero attached hydrogens (tertiary/aromatic N) is 4. The van der Waals surface area contributed by atoms with Gasteiger partial charge in [-0.25, -0.2) is 9.97 Å². The van der Waals surface area contributed by atoms with Crippen LogP contribution in [0.3, 0.4) is 0 Å². The topological polar surface area (TPSA) is 74.1 Å². The van der Waals surface area contributed by atoms with Crippen molar-refractivity contribution < 1.29 is 4.74 Å². The fourth-order valence-electron chi connectivity index (χ4n) is 2.32. The van der Waals surface area contributed by atoms with Crippen molar-refractivity contribution in [2.24, 2.45) is 0 Å². The van der Waals surface area contributed by atoms with Gasteiger partial charge < -0.3 is 15.0 Å². The van der Waals surface area contributed by atoms with Gasteiger partial charge in [0.05, 0.1) is 13.2 Å². The summed E-state index contributed by atoms with van der Waals surface area (Å²) in [5, 5.41) is 12.4.